The fourth-order valence-corrected chi connectivity index (χ4v) is 3.60. The molecule has 1 amide bonds. The molecule has 1 aromatic heterocycles. The number of anilines is 1. The van der Waals surface area contributed by atoms with Gasteiger partial charge in [-0.05, 0) is 42.7 Å². The van der Waals surface area contributed by atoms with Crippen LogP contribution in [-0.2, 0) is 17.8 Å². The highest BCUT2D eigenvalue weighted by molar-refractivity contribution is 7.15. The maximum absolute atomic E-state index is 12.5. The van der Waals surface area contributed by atoms with Gasteiger partial charge < -0.3 is 9.47 Å². The van der Waals surface area contributed by atoms with E-state index in [2.05, 4.69) is 15.5 Å². The van der Waals surface area contributed by atoms with Crippen LogP contribution in [0, 0.1) is 28.4 Å². The molecule has 0 saturated heterocycles. The van der Waals surface area contributed by atoms with E-state index in [9.17, 15) is 20.2 Å². The molecule has 0 saturated carbocycles. The van der Waals surface area contributed by atoms with Crippen molar-refractivity contribution in [3.8, 4) is 17.6 Å². The predicted octanol–water partition coefficient (Wildman–Crippen LogP) is 4.45. The fraction of sp³-hybridized carbons (Fsp3) is 0.217. The van der Waals surface area contributed by atoms with Gasteiger partial charge >= 0.3 is 0 Å². The molecule has 0 aliphatic rings. The van der Waals surface area contributed by atoms with Crippen molar-refractivity contribution in [1.82, 2.24) is 10.2 Å². The first-order valence-corrected chi connectivity index (χ1v) is 11.0. The lowest BCUT2D eigenvalue weighted by atomic mass is 10.1. The SMILES string of the molecule is CCc1nnc(NC(=O)/C(C#N)=C/c2ccc(OCc3ccc(C)c([N+](=O)[O-])c3)c(OC)c2)s1. The van der Waals surface area contributed by atoms with Crippen molar-refractivity contribution in [3.05, 3.63) is 73.8 Å². The third-order valence-electron chi connectivity index (χ3n) is 4.72. The zero-order valence-electron chi connectivity index (χ0n) is 18.7. The van der Waals surface area contributed by atoms with Gasteiger partial charge in [-0.15, -0.1) is 10.2 Å². The lowest BCUT2D eigenvalue weighted by Gasteiger charge is -2.12. The minimum atomic E-state index is -0.596. The number of nitro groups is 1. The van der Waals surface area contributed by atoms with E-state index in [-0.39, 0.29) is 17.9 Å². The number of hydrogen-bond donors (Lipinski definition) is 1. The van der Waals surface area contributed by atoms with E-state index in [0.717, 1.165) is 5.01 Å². The van der Waals surface area contributed by atoms with E-state index in [1.54, 1.807) is 37.3 Å². The average Bonchev–Trinajstić information content (AvgIpc) is 3.29. The first-order chi connectivity index (χ1) is 16.3. The lowest BCUT2D eigenvalue weighted by molar-refractivity contribution is -0.385. The van der Waals surface area contributed by atoms with Crippen LogP contribution < -0.4 is 14.8 Å². The second kappa shape index (κ2) is 11.0. The molecule has 0 unspecified atom stereocenters. The molecule has 0 radical (unpaired) electrons. The summed E-state index contributed by atoms with van der Waals surface area (Å²) in [6.45, 7) is 3.70. The summed E-state index contributed by atoms with van der Waals surface area (Å²) in [6, 6.07) is 11.7. The number of methoxy groups -OCH3 is 1. The van der Waals surface area contributed by atoms with Crippen molar-refractivity contribution < 1.29 is 19.2 Å². The Morgan fingerprint density at radius 1 is 1.26 bits per heavy atom. The Hall–Kier alpha value is -4.30. The Bertz CT molecular complexity index is 1300. The summed E-state index contributed by atoms with van der Waals surface area (Å²) in [5.74, 6) is 0.193. The van der Waals surface area contributed by atoms with Crippen LogP contribution in [0.4, 0.5) is 10.8 Å². The number of hydrogen-bond acceptors (Lipinski definition) is 9. The molecule has 0 aliphatic carbocycles. The van der Waals surface area contributed by atoms with E-state index in [4.69, 9.17) is 9.47 Å². The van der Waals surface area contributed by atoms with Crippen LogP contribution in [0.3, 0.4) is 0 Å². The zero-order chi connectivity index (χ0) is 24.7. The van der Waals surface area contributed by atoms with Crippen molar-refractivity contribution in [2.45, 2.75) is 26.9 Å². The third kappa shape index (κ3) is 5.93. The molecule has 3 rings (SSSR count). The Kier molecular flexibility index (Phi) is 7.89. The number of carbonyl (C=O) groups is 1. The molecule has 1 N–H and O–H groups in total. The van der Waals surface area contributed by atoms with Crippen LogP contribution >= 0.6 is 11.3 Å². The summed E-state index contributed by atoms with van der Waals surface area (Å²) >= 11 is 1.25. The topological polar surface area (TPSA) is 140 Å². The molecular weight excluding hydrogens is 458 g/mol. The highest BCUT2D eigenvalue weighted by Crippen LogP contribution is 2.30. The number of benzene rings is 2. The quantitative estimate of drug-likeness (QED) is 0.205. The summed E-state index contributed by atoms with van der Waals surface area (Å²) in [5, 5.41) is 32.1. The second-order valence-corrected chi connectivity index (χ2v) is 8.12. The van der Waals surface area contributed by atoms with Crippen molar-refractivity contribution in [2.24, 2.45) is 0 Å². The molecule has 0 bridgehead atoms. The van der Waals surface area contributed by atoms with Crippen LogP contribution in [-0.4, -0.2) is 28.1 Å². The molecule has 0 fully saturated rings. The van der Waals surface area contributed by atoms with Crippen LogP contribution in [0.15, 0.2) is 42.0 Å². The van der Waals surface area contributed by atoms with Gasteiger partial charge in [-0.2, -0.15) is 5.26 Å². The summed E-state index contributed by atoms with van der Waals surface area (Å²) in [7, 11) is 1.46. The number of nitrogens with zero attached hydrogens (tertiary/aromatic N) is 4. The Balaban J connectivity index is 1.75. The normalized spacial score (nSPS) is 10.9. The summed E-state index contributed by atoms with van der Waals surface area (Å²) < 4.78 is 11.2. The monoisotopic (exact) mass is 479 g/mol. The molecule has 0 aliphatic heterocycles. The summed E-state index contributed by atoms with van der Waals surface area (Å²) in [5.41, 5.74) is 1.66. The van der Waals surface area contributed by atoms with Crippen LogP contribution in [0.2, 0.25) is 0 Å². The summed E-state index contributed by atoms with van der Waals surface area (Å²) in [4.78, 5) is 23.2. The van der Waals surface area contributed by atoms with E-state index >= 15 is 0 Å². The maximum atomic E-state index is 12.5. The third-order valence-corrected chi connectivity index (χ3v) is 5.70. The molecule has 0 spiro atoms. The Morgan fingerprint density at radius 2 is 2.06 bits per heavy atom. The number of nitriles is 1. The Labute approximate surface area is 199 Å². The molecule has 10 nitrogen and oxygen atoms in total. The van der Waals surface area contributed by atoms with Crippen LogP contribution in [0.1, 0.15) is 28.6 Å². The van der Waals surface area contributed by atoms with Gasteiger partial charge in [-0.1, -0.05) is 36.5 Å². The van der Waals surface area contributed by atoms with E-state index < -0.39 is 10.8 Å². The number of nitro benzene ring substituents is 1. The molecule has 3 aromatic rings. The van der Waals surface area contributed by atoms with Crippen LogP contribution in [0.5, 0.6) is 11.5 Å². The number of rotatable bonds is 9. The number of aromatic nitrogens is 2. The van der Waals surface area contributed by atoms with Crippen molar-refractivity contribution in [2.75, 3.05) is 12.4 Å². The molecule has 174 valence electrons. The molecule has 34 heavy (non-hydrogen) atoms. The maximum Gasteiger partial charge on any atom is 0.272 e. The summed E-state index contributed by atoms with van der Waals surface area (Å²) in [6.07, 6.45) is 2.12. The number of carbonyl (C=O) groups excluding carboxylic acids is 1. The highest BCUT2D eigenvalue weighted by Gasteiger charge is 2.15. The second-order valence-electron chi connectivity index (χ2n) is 7.06. The molecule has 2 aromatic carbocycles. The smallest absolute Gasteiger partial charge is 0.272 e. The van der Waals surface area contributed by atoms with Crippen molar-refractivity contribution in [3.63, 3.8) is 0 Å². The largest absolute Gasteiger partial charge is 0.493 e. The van der Waals surface area contributed by atoms with E-state index in [1.807, 2.05) is 13.0 Å². The van der Waals surface area contributed by atoms with Gasteiger partial charge in [0.15, 0.2) is 11.5 Å². The van der Waals surface area contributed by atoms with Gasteiger partial charge in [0.25, 0.3) is 11.6 Å². The number of nitrogens with one attached hydrogen (secondary N) is 1. The molecule has 0 atom stereocenters. The number of amides is 1. The fourth-order valence-electron chi connectivity index (χ4n) is 2.92. The van der Waals surface area contributed by atoms with Crippen molar-refractivity contribution >= 4 is 34.1 Å². The van der Waals surface area contributed by atoms with Crippen molar-refractivity contribution in [1.29, 1.82) is 5.26 Å². The van der Waals surface area contributed by atoms with Gasteiger partial charge in [0.05, 0.1) is 12.0 Å². The first kappa shape index (κ1) is 24.3. The van der Waals surface area contributed by atoms with Gasteiger partial charge in [-0.25, -0.2) is 0 Å². The molecule has 1 heterocycles. The van der Waals surface area contributed by atoms with Gasteiger partial charge in [0.2, 0.25) is 5.13 Å². The number of ether oxygens (including phenoxy) is 2. The van der Waals surface area contributed by atoms with E-state index in [1.165, 1.54) is 30.6 Å². The standard InChI is InChI=1S/C23H21N5O5S/c1-4-21-26-27-23(34-21)25-22(29)17(12-24)9-15-7-8-19(20(11-15)32-3)33-13-16-6-5-14(2)18(10-16)28(30)31/h5-11H,4,13H2,1-3H3,(H,25,27,29)/b17-9+. The minimum absolute atomic E-state index is 0.0234. The highest BCUT2D eigenvalue weighted by atomic mass is 32.1. The minimum Gasteiger partial charge on any atom is -0.493 e. The van der Waals surface area contributed by atoms with Gasteiger partial charge in [0, 0.05) is 11.6 Å². The van der Waals surface area contributed by atoms with Gasteiger partial charge in [-0.3, -0.25) is 20.2 Å². The number of aryl methyl sites for hydroxylation is 2. The van der Waals surface area contributed by atoms with E-state index in [0.29, 0.717) is 39.7 Å². The zero-order valence-corrected chi connectivity index (χ0v) is 19.5. The molecule has 11 heteroatoms. The predicted molar refractivity (Wildman–Crippen MR) is 127 cm³/mol. The average molecular weight is 480 g/mol. The van der Waals surface area contributed by atoms with Gasteiger partial charge in [0.1, 0.15) is 23.3 Å². The molecular formula is C23H21N5O5S. The van der Waals surface area contributed by atoms with Crippen LogP contribution in [0.25, 0.3) is 6.08 Å². The lowest BCUT2D eigenvalue weighted by Crippen LogP contribution is -2.13. The Morgan fingerprint density at radius 3 is 2.71 bits per heavy atom. The first-order valence-electron chi connectivity index (χ1n) is 10.1.